The summed E-state index contributed by atoms with van der Waals surface area (Å²) in [6.07, 6.45) is -0.0855. The second-order valence-electron chi connectivity index (χ2n) is 5.61. The minimum atomic E-state index is -0.0855. The number of methoxy groups -OCH3 is 1. The van der Waals surface area contributed by atoms with Crippen LogP contribution in [0, 0.1) is 0 Å². The van der Waals surface area contributed by atoms with Crippen LogP contribution in [0.2, 0.25) is 0 Å². The monoisotopic (exact) mass is 414 g/mol. The Morgan fingerprint density at radius 1 is 1.32 bits per heavy atom. The minimum absolute atomic E-state index is 0.0645. The van der Waals surface area contributed by atoms with Crippen molar-refractivity contribution in [3.8, 4) is 5.75 Å². The SMILES string of the molecule is COCCNC(=NCC(=O)N(C)C)NCC(C)Oc1ccccc1Br. The second-order valence-corrected chi connectivity index (χ2v) is 6.47. The molecule has 1 aromatic rings. The van der Waals surface area contributed by atoms with E-state index in [9.17, 15) is 4.79 Å². The number of ether oxygens (including phenoxy) is 2. The maximum Gasteiger partial charge on any atom is 0.243 e. The highest BCUT2D eigenvalue weighted by Crippen LogP contribution is 2.24. The number of hydrogen-bond donors (Lipinski definition) is 2. The van der Waals surface area contributed by atoms with Crippen molar-refractivity contribution in [1.29, 1.82) is 0 Å². The average Bonchev–Trinajstić information content (AvgIpc) is 2.58. The maximum atomic E-state index is 11.7. The van der Waals surface area contributed by atoms with E-state index in [0.717, 1.165) is 10.2 Å². The summed E-state index contributed by atoms with van der Waals surface area (Å²) in [4.78, 5) is 17.5. The fraction of sp³-hybridized carbons (Fsp3) is 0.529. The van der Waals surface area contributed by atoms with Crippen LogP contribution in [0.4, 0.5) is 0 Å². The van der Waals surface area contributed by atoms with Gasteiger partial charge in [-0.2, -0.15) is 0 Å². The highest BCUT2D eigenvalue weighted by molar-refractivity contribution is 9.10. The lowest BCUT2D eigenvalue weighted by Crippen LogP contribution is -2.43. The molecule has 1 amide bonds. The molecule has 0 aromatic heterocycles. The molecule has 0 saturated heterocycles. The van der Waals surface area contributed by atoms with Crippen molar-refractivity contribution in [3.05, 3.63) is 28.7 Å². The van der Waals surface area contributed by atoms with Gasteiger partial charge in [0.1, 0.15) is 18.4 Å². The van der Waals surface area contributed by atoms with Crippen molar-refractivity contribution in [2.24, 2.45) is 4.99 Å². The van der Waals surface area contributed by atoms with Crippen LogP contribution in [-0.2, 0) is 9.53 Å². The van der Waals surface area contributed by atoms with Crippen LogP contribution in [0.5, 0.6) is 5.75 Å². The van der Waals surface area contributed by atoms with E-state index in [1.54, 1.807) is 21.2 Å². The van der Waals surface area contributed by atoms with Crippen molar-refractivity contribution in [2.75, 3.05) is 47.4 Å². The van der Waals surface area contributed by atoms with Gasteiger partial charge in [0.25, 0.3) is 0 Å². The highest BCUT2D eigenvalue weighted by atomic mass is 79.9. The van der Waals surface area contributed by atoms with Crippen LogP contribution in [0.25, 0.3) is 0 Å². The van der Waals surface area contributed by atoms with Gasteiger partial charge in [-0.15, -0.1) is 0 Å². The largest absolute Gasteiger partial charge is 0.488 e. The molecule has 140 valence electrons. The summed E-state index contributed by atoms with van der Waals surface area (Å²) in [5.41, 5.74) is 0. The highest BCUT2D eigenvalue weighted by Gasteiger charge is 2.09. The van der Waals surface area contributed by atoms with Gasteiger partial charge in [-0.05, 0) is 35.0 Å². The molecule has 1 aromatic carbocycles. The zero-order valence-corrected chi connectivity index (χ0v) is 16.8. The Balaban J connectivity index is 2.56. The number of carbonyl (C=O) groups is 1. The molecule has 0 heterocycles. The van der Waals surface area contributed by atoms with E-state index in [4.69, 9.17) is 9.47 Å². The Kier molecular flexibility index (Phi) is 9.94. The third-order valence-electron chi connectivity index (χ3n) is 3.19. The number of likely N-dealkylation sites (N-methyl/N-ethyl adjacent to an activating group) is 1. The topological polar surface area (TPSA) is 75.2 Å². The lowest BCUT2D eigenvalue weighted by Gasteiger charge is -2.19. The van der Waals surface area contributed by atoms with Crippen LogP contribution in [0.15, 0.2) is 33.7 Å². The average molecular weight is 415 g/mol. The molecular weight excluding hydrogens is 388 g/mol. The number of para-hydroxylation sites is 1. The first-order valence-corrected chi connectivity index (χ1v) is 8.85. The predicted octanol–water partition coefficient (Wildman–Crippen LogP) is 1.49. The van der Waals surface area contributed by atoms with E-state index >= 15 is 0 Å². The van der Waals surface area contributed by atoms with Gasteiger partial charge in [0.05, 0.1) is 17.6 Å². The quantitative estimate of drug-likeness (QED) is 0.363. The van der Waals surface area contributed by atoms with Gasteiger partial charge in [-0.25, -0.2) is 4.99 Å². The Bertz CT molecular complexity index is 567. The number of hydrogen-bond acceptors (Lipinski definition) is 4. The van der Waals surface area contributed by atoms with Crippen LogP contribution in [0.1, 0.15) is 6.92 Å². The molecule has 1 atom stereocenters. The first kappa shape index (κ1) is 21.2. The lowest BCUT2D eigenvalue weighted by atomic mass is 10.3. The van der Waals surface area contributed by atoms with Gasteiger partial charge in [0.2, 0.25) is 5.91 Å². The third-order valence-corrected chi connectivity index (χ3v) is 3.85. The van der Waals surface area contributed by atoms with Gasteiger partial charge in [-0.1, -0.05) is 12.1 Å². The van der Waals surface area contributed by atoms with E-state index in [1.807, 2.05) is 31.2 Å². The number of carbonyl (C=O) groups excluding carboxylic acids is 1. The molecule has 1 unspecified atom stereocenters. The maximum absolute atomic E-state index is 11.7. The summed E-state index contributed by atoms with van der Waals surface area (Å²) in [5.74, 6) is 1.27. The summed E-state index contributed by atoms with van der Waals surface area (Å²) >= 11 is 3.46. The lowest BCUT2D eigenvalue weighted by molar-refractivity contribution is -0.127. The first-order valence-electron chi connectivity index (χ1n) is 8.06. The van der Waals surface area contributed by atoms with Gasteiger partial charge >= 0.3 is 0 Å². The molecule has 0 spiro atoms. The normalized spacial score (nSPS) is 12.4. The van der Waals surface area contributed by atoms with Crippen LogP contribution >= 0.6 is 15.9 Å². The number of halogens is 1. The Morgan fingerprint density at radius 3 is 2.68 bits per heavy atom. The summed E-state index contributed by atoms with van der Waals surface area (Å²) in [6, 6.07) is 7.70. The van der Waals surface area contributed by atoms with Crippen molar-refractivity contribution < 1.29 is 14.3 Å². The molecule has 0 radical (unpaired) electrons. The summed E-state index contributed by atoms with van der Waals surface area (Å²) < 4.78 is 11.8. The Hall–Kier alpha value is -1.80. The Labute approximate surface area is 157 Å². The molecular formula is C17H27BrN4O3. The van der Waals surface area contributed by atoms with Crippen LogP contribution in [0.3, 0.4) is 0 Å². The Morgan fingerprint density at radius 2 is 2.04 bits per heavy atom. The molecule has 1 rings (SSSR count). The fourth-order valence-corrected chi connectivity index (χ4v) is 2.15. The predicted molar refractivity (Wildman–Crippen MR) is 103 cm³/mol. The molecule has 0 saturated carbocycles. The molecule has 25 heavy (non-hydrogen) atoms. The summed E-state index contributed by atoms with van der Waals surface area (Å²) in [7, 11) is 5.04. The number of benzene rings is 1. The van der Waals surface area contributed by atoms with E-state index in [2.05, 4.69) is 31.6 Å². The number of nitrogens with zero attached hydrogens (tertiary/aromatic N) is 2. The van der Waals surface area contributed by atoms with Gasteiger partial charge < -0.3 is 25.0 Å². The number of nitrogens with one attached hydrogen (secondary N) is 2. The minimum Gasteiger partial charge on any atom is -0.488 e. The molecule has 0 aliphatic carbocycles. The molecule has 0 aliphatic rings. The second kappa shape index (κ2) is 11.7. The molecule has 0 fully saturated rings. The first-order chi connectivity index (χ1) is 11.9. The number of rotatable bonds is 9. The van der Waals surface area contributed by atoms with E-state index in [-0.39, 0.29) is 18.6 Å². The van der Waals surface area contributed by atoms with Crippen molar-refractivity contribution >= 4 is 27.8 Å². The molecule has 8 heteroatoms. The number of guanidine groups is 1. The van der Waals surface area contributed by atoms with Gasteiger partial charge in [-0.3, -0.25) is 4.79 Å². The number of amides is 1. The van der Waals surface area contributed by atoms with Gasteiger partial charge in [0.15, 0.2) is 5.96 Å². The zero-order valence-electron chi connectivity index (χ0n) is 15.2. The third kappa shape index (κ3) is 8.74. The molecule has 2 N–H and O–H groups in total. The van der Waals surface area contributed by atoms with Crippen molar-refractivity contribution in [3.63, 3.8) is 0 Å². The summed E-state index contributed by atoms with van der Waals surface area (Å²) in [6.45, 7) is 3.72. The van der Waals surface area contributed by atoms with Crippen molar-refractivity contribution in [2.45, 2.75) is 13.0 Å². The molecule has 7 nitrogen and oxygen atoms in total. The van der Waals surface area contributed by atoms with E-state index < -0.39 is 0 Å². The zero-order chi connectivity index (χ0) is 18.7. The molecule has 0 bridgehead atoms. The van der Waals surface area contributed by atoms with Crippen LogP contribution in [-0.4, -0.2) is 70.3 Å². The molecule has 0 aliphatic heterocycles. The van der Waals surface area contributed by atoms with E-state index in [1.165, 1.54) is 4.90 Å². The number of aliphatic imine (C=N–C) groups is 1. The van der Waals surface area contributed by atoms with Crippen LogP contribution < -0.4 is 15.4 Å². The van der Waals surface area contributed by atoms with Gasteiger partial charge in [0, 0.05) is 27.7 Å². The smallest absolute Gasteiger partial charge is 0.243 e. The summed E-state index contributed by atoms with van der Waals surface area (Å²) in [5, 5.41) is 6.31. The van der Waals surface area contributed by atoms with Crippen molar-refractivity contribution in [1.82, 2.24) is 15.5 Å². The van der Waals surface area contributed by atoms with E-state index in [0.29, 0.717) is 25.7 Å². The standard InChI is InChI=1S/C17H27BrN4O3/c1-13(25-15-8-6-5-7-14(15)18)11-20-17(19-9-10-24-4)21-12-16(23)22(2)3/h5-8,13H,9-12H2,1-4H3,(H2,19,20,21). The fourth-order valence-electron chi connectivity index (χ4n) is 1.77.